The van der Waals surface area contributed by atoms with E-state index < -0.39 is 0 Å². The quantitative estimate of drug-likeness (QED) is 0.531. The lowest BCUT2D eigenvalue weighted by Crippen LogP contribution is -2.52. The van der Waals surface area contributed by atoms with Crippen molar-refractivity contribution in [3.05, 3.63) is 0 Å². The lowest BCUT2D eigenvalue weighted by Gasteiger charge is -2.57. The topological polar surface area (TPSA) is 75.4 Å². The lowest BCUT2D eigenvalue weighted by atomic mass is 9.48. The Morgan fingerprint density at radius 2 is 1.52 bits per heavy atom. The van der Waals surface area contributed by atoms with E-state index in [0.717, 1.165) is 59.9 Å². The van der Waals surface area contributed by atoms with Crippen LogP contribution in [0.3, 0.4) is 0 Å². The zero-order valence-electron chi connectivity index (χ0n) is 21.5. The van der Waals surface area contributed by atoms with Crippen molar-refractivity contribution in [2.75, 3.05) is 21.2 Å². The minimum absolute atomic E-state index is 0.703. The van der Waals surface area contributed by atoms with E-state index in [1.54, 1.807) is 51.4 Å². The zero-order chi connectivity index (χ0) is 23.4. The molecule has 5 aliphatic carbocycles. The van der Waals surface area contributed by atoms with E-state index in [2.05, 4.69) is 38.9 Å². The first-order chi connectivity index (χ1) is 14.9. The number of hydrogen-bond donors (Lipinski definition) is 3. The molecular formula is C27H52N2O2. The fraction of sp³-hybridized carbons (Fsp3) is 0.963. The number of carbonyl (C=O) groups is 1. The Kier molecular flexibility index (Phi) is 9.21. The molecule has 31 heavy (non-hydrogen) atoms. The van der Waals surface area contributed by atoms with E-state index >= 15 is 0 Å². The molecule has 0 aromatic carbocycles. The smallest absolute Gasteiger partial charge is 0.116 e. The Morgan fingerprint density at radius 3 is 2.10 bits per heavy atom. The van der Waals surface area contributed by atoms with Crippen LogP contribution in [0.25, 0.3) is 0 Å². The second kappa shape index (κ2) is 10.7. The van der Waals surface area contributed by atoms with Gasteiger partial charge in [0.05, 0.1) is 0 Å². The summed E-state index contributed by atoms with van der Waals surface area (Å²) in [5, 5.41) is 10.6. The van der Waals surface area contributed by atoms with Gasteiger partial charge in [-0.2, -0.15) is 0 Å². The molecule has 0 amide bonds. The van der Waals surface area contributed by atoms with E-state index in [9.17, 15) is 0 Å². The van der Waals surface area contributed by atoms with Crippen LogP contribution >= 0.6 is 0 Å². The summed E-state index contributed by atoms with van der Waals surface area (Å²) in [4.78, 5) is 8.81. The van der Waals surface area contributed by atoms with E-state index in [-0.39, 0.29) is 0 Å². The van der Waals surface area contributed by atoms with Crippen LogP contribution in [-0.2, 0) is 4.79 Å². The highest BCUT2D eigenvalue weighted by molar-refractivity contribution is 5.44. The summed E-state index contributed by atoms with van der Waals surface area (Å²) < 4.78 is 0. The molecule has 0 radical (unpaired) electrons. The lowest BCUT2D eigenvalue weighted by molar-refractivity contribution is -0.106. The molecule has 0 saturated heterocycles. The van der Waals surface area contributed by atoms with Crippen molar-refractivity contribution in [3.8, 4) is 0 Å². The average Bonchev–Trinajstić information content (AvgIpc) is 3.34. The minimum atomic E-state index is 0.703. The van der Waals surface area contributed by atoms with Gasteiger partial charge >= 0.3 is 0 Å². The number of aldehydes is 1. The number of fused-ring (bicyclic) bond motifs is 2. The molecule has 182 valence electrons. The molecule has 0 aromatic rings. The SMILES string of the molecule is CC=O.CCC1CCC2C3CCC4C(C)C(NC)CCC45CC35CCC12C.CN.CO. The summed E-state index contributed by atoms with van der Waals surface area (Å²) in [6, 6.07) is 0.791. The molecule has 2 spiro atoms. The number of hydrogen-bond acceptors (Lipinski definition) is 4. The fourth-order valence-electron chi connectivity index (χ4n) is 9.75. The molecule has 0 aromatic heterocycles. The monoisotopic (exact) mass is 436 g/mol. The molecule has 5 saturated carbocycles. The van der Waals surface area contributed by atoms with Crippen LogP contribution < -0.4 is 11.1 Å². The summed E-state index contributed by atoms with van der Waals surface area (Å²) in [6.45, 7) is 9.18. The van der Waals surface area contributed by atoms with E-state index in [0.29, 0.717) is 5.41 Å². The van der Waals surface area contributed by atoms with Crippen LogP contribution in [0.4, 0.5) is 0 Å². The van der Waals surface area contributed by atoms with Gasteiger partial charge < -0.3 is 21.0 Å². The van der Waals surface area contributed by atoms with Gasteiger partial charge in [-0.05, 0) is 125 Å². The first-order valence-corrected chi connectivity index (χ1v) is 13.0. The molecule has 0 bridgehead atoms. The van der Waals surface area contributed by atoms with Crippen molar-refractivity contribution in [3.63, 3.8) is 0 Å². The van der Waals surface area contributed by atoms with Gasteiger partial charge in [-0.15, -0.1) is 0 Å². The number of nitrogens with two attached hydrogens (primary N) is 1. The first-order valence-electron chi connectivity index (χ1n) is 13.0. The molecule has 9 unspecified atom stereocenters. The number of aliphatic hydroxyl groups is 1. The van der Waals surface area contributed by atoms with Crippen LogP contribution in [0.2, 0.25) is 0 Å². The zero-order valence-corrected chi connectivity index (χ0v) is 21.5. The largest absolute Gasteiger partial charge is 0.400 e. The van der Waals surface area contributed by atoms with Gasteiger partial charge in [-0.25, -0.2) is 0 Å². The first kappa shape index (κ1) is 26.8. The Hall–Kier alpha value is -0.450. The van der Waals surface area contributed by atoms with Gasteiger partial charge in [0.2, 0.25) is 0 Å². The normalized spacial score (nSPS) is 48.4. The molecule has 4 heteroatoms. The van der Waals surface area contributed by atoms with E-state index in [4.69, 9.17) is 9.90 Å². The molecule has 9 atom stereocenters. The van der Waals surface area contributed by atoms with Crippen molar-refractivity contribution in [1.29, 1.82) is 0 Å². The molecule has 4 N–H and O–H groups in total. The van der Waals surface area contributed by atoms with Crippen molar-refractivity contribution in [1.82, 2.24) is 5.32 Å². The summed E-state index contributed by atoms with van der Waals surface area (Å²) in [6.07, 6.45) is 16.2. The Morgan fingerprint density at radius 1 is 0.968 bits per heavy atom. The second-order valence-corrected chi connectivity index (χ2v) is 11.1. The van der Waals surface area contributed by atoms with Crippen LogP contribution in [0.1, 0.15) is 91.9 Å². The molecular weight excluding hydrogens is 384 g/mol. The van der Waals surface area contributed by atoms with Gasteiger partial charge in [-0.3, -0.25) is 0 Å². The fourth-order valence-corrected chi connectivity index (χ4v) is 9.75. The van der Waals surface area contributed by atoms with Crippen molar-refractivity contribution < 1.29 is 9.90 Å². The number of rotatable bonds is 2. The highest BCUT2D eigenvalue weighted by atomic mass is 16.2. The minimum Gasteiger partial charge on any atom is -0.400 e. The summed E-state index contributed by atoms with van der Waals surface area (Å²) in [7, 11) is 4.70. The number of nitrogens with one attached hydrogen (secondary N) is 1. The third kappa shape index (κ3) is 3.93. The molecule has 5 rings (SSSR count). The Labute approximate surface area is 192 Å². The van der Waals surface area contributed by atoms with Gasteiger partial charge in [0.25, 0.3) is 0 Å². The molecule has 5 fully saturated rings. The van der Waals surface area contributed by atoms with Gasteiger partial charge in [0.1, 0.15) is 6.29 Å². The van der Waals surface area contributed by atoms with Crippen molar-refractivity contribution in [2.24, 2.45) is 51.6 Å². The number of aliphatic hydroxyl groups excluding tert-OH is 1. The maximum absolute atomic E-state index is 8.81. The Bertz CT molecular complexity index is 584. The van der Waals surface area contributed by atoms with Crippen molar-refractivity contribution >= 4 is 6.29 Å². The van der Waals surface area contributed by atoms with Gasteiger partial charge in [0.15, 0.2) is 0 Å². The number of carbonyl (C=O) groups excluding carboxylic acids is 1. The molecule has 0 aliphatic heterocycles. The van der Waals surface area contributed by atoms with Crippen LogP contribution in [0.15, 0.2) is 0 Å². The van der Waals surface area contributed by atoms with Gasteiger partial charge in [0, 0.05) is 13.2 Å². The predicted molar refractivity (Wildman–Crippen MR) is 131 cm³/mol. The summed E-state index contributed by atoms with van der Waals surface area (Å²) >= 11 is 0. The molecule has 5 aliphatic rings. The van der Waals surface area contributed by atoms with E-state index in [1.807, 2.05) is 0 Å². The highest BCUT2D eigenvalue weighted by Gasteiger charge is 2.78. The third-order valence-corrected chi connectivity index (χ3v) is 10.9. The van der Waals surface area contributed by atoms with Crippen LogP contribution in [-0.4, -0.2) is 38.6 Å². The van der Waals surface area contributed by atoms with Gasteiger partial charge in [-0.1, -0.05) is 27.2 Å². The van der Waals surface area contributed by atoms with E-state index in [1.165, 1.54) is 26.8 Å². The standard InChI is InChI=1S/C23H39N.C2H4O.CH5N.CH4O/c1-5-16-6-7-18-19-9-8-17-15(2)20(24-4)10-11-22(17)14-23(19,22)13-12-21(16,18)3;1-2-3;2*1-2/h15-20,24H,5-14H2,1-4H3;2H,1H3;2H2,1H3;2H,1H3. The van der Waals surface area contributed by atoms with Crippen LogP contribution in [0.5, 0.6) is 0 Å². The summed E-state index contributed by atoms with van der Waals surface area (Å²) in [5.41, 5.74) is 6.79. The summed E-state index contributed by atoms with van der Waals surface area (Å²) in [5.74, 6) is 5.15. The second-order valence-electron chi connectivity index (χ2n) is 11.1. The van der Waals surface area contributed by atoms with Crippen LogP contribution in [0, 0.1) is 45.8 Å². The predicted octanol–water partition coefficient (Wildman–Crippen LogP) is 5.03. The maximum atomic E-state index is 8.81. The van der Waals surface area contributed by atoms with Crippen molar-refractivity contribution in [2.45, 2.75) is 97.9 Å². The average molecular weight is 437 g/mol. The molecule has 4 nitrogen and oxygen atoms in total. The Balaban J connectivity index is 0.000000442. The maximum Gasteiger partial charge on any atom is 0.116 e. The highest BCUT2D eigenvalue weighted by Crippen LogP contribution is 2.85. The molecule has 0 heterocycles. The third-order valence-electron chi connectivity index (χ3n) is 10.9.